The van der Waals surface area contributed by atoms with Gasteiger partial charge >= 0.3 is 5.97 Å². The summed E-state index contributed by atoms with van der Waals surface area (Å²) in [6, 6.07) is 14.6. The summed E-state index contributed by atoms with van der Waals surface area (Å²) in [6.45, 7) is 2.08. The Bertz CT molecular complexity index is 739. The molecule has 0 N–H and O–H groups in total. The highest BCUT2D eigenvalue weighted by molar-refractivity contribution is 7.92. The lowest BCUT2D eigenvalue weighted by molar-refractivity contribution is 0.0600. The number of benzene rings is 2. The first-order chi connectivity index (χ1) is 10.5. The Hall–Kier alpha value is -2.34. The summed E-state index contributed by atoms with van der Waals surface area (Å²) in [5, 5.41) is 0. The highest BCUT2D eigenvalue weighted by Crippen LogP contribution is 2.23. The Kier molecular flexibility index (Phi) is 4.82. The highest BCUT2D eigenvalue weighted by Gasteiger charge is 2.23. The van der Waals surface area contributed by atoms with Crippen LogP contribution >= 0.6 is 0 Å². The van der Waals surface area contributed by atoms with E-state index in [1.54, 1.807) is 31.2 Å². The zero-order chi connectivity index (χ0) is 16.2. The summed E-state index contributed by atoms with van der Waals surface area (Å²) in [6.07, 6.45) is 0. The third-order valence-electron chi connectivity index (χ3n) is 3.19. The van der Waals surface area contributed by atoms with Crippen LogP contribution in [0.15, 0.2) is 59.5 Å². The van der Waals surface area contributed by atoms with Gasteiger partial charge in [-0.05, 0) is 43.3 Å². The van der Waals surface area contributed by atoms with Gasteiger partial charge in [0.2, 0.25) is 0 Å². The van der Waals surface area contributed by atoms with Gasteiger partial charge in [0.25, 0.3) is 10.0 Å². The van der Waals surface area contributed by atoms with Gasteiger partial charge < -0.3 is 4.74 Å². The van der Waals surface area contributed by atoms with E-state index >= 15 is 0 Å². The van der Waals surface area contributed by atoms with Crippen LogP contribution in [0.4, 0.5) is 5.69 Å². The molecule has 0 saturated carbocycles. The molecule has 0 radical (unpaired) electrons. The summed E-state index contributed by atoms with van der Waals surface area (Å²) in [4.78, 5) is 11.5. The van der Waals surface area contributed by atoms with Crippen LogP contribution in [0.1, 0.15) is 17.3 Å². The molecule has 0 aliphatic carbocycles. The van der Waals surface area contributed by atoms with Gasteiger partial charge in [0.1, 0.15) is 0 Å². The van der Waals surface area contributed by atoms with E-state index in [2.05, 4.69) is 4.74 Å². The molecule has 0 bridgehead atoms. The summed E-state index contributed by atoms with van der Waals surface area (Å²) < 4.78 is 31.4. The van der Waals surface area contributed by atoms with Crippen LogP contribution in [0.3, 0.4) is 0 Å². The molecule has 0 aliphatic heterocycles. The molecule has 22 heavy (non-hydrogen) atoms. The number of sulfonamides is 1. The van der Waals surface area contributed by atoms with Gasteiger partial charge in [0.05, 0.1) is 23.3 Å². The SMILES string of the molecule is CCN(c1ccccc1)S(=O)(=O)c1ccc(C(=O)OC)cc1. The molecular weight excluding hydrogens is 302 g/mol. The maximum absolute atomic E-state index is 12.7. The highest BCUT2D eigenvalue weighted by atomic mass is 32.2. The number of methoxy groups -OCH3 is 1. The molecule has 116 valence electrons. The van der Waals surface area contributed by atoms with Gasteiger partial charge in [-0.15, -0.1) is 0 Å². The van der Waals surface area contributed by atoms with Crippen LogP contribution in [0.25, 0.3) is 0 Å². The first kappa shape index (κ1) is 16.0. The summed E-state index contributed by atoms with van der Waals surface area (Å²) in [5.41, 5.74) is 0.909. The first-order valence-electron chi connectivity index (χ1n) is 6.77. The van der Waals surface area contributed by atoms with Crippen molar-refractivity contribution >= 4 is 21.7 Å². The number of para-hydroxylation sites is 1. The predicted molar refractivity (Wildman–Crippen MR) is 84.4 cm³/mol. The molecule has 2 aromatic rings. The number of ether oxygens (including phenoxy) is 1. The number of esters is 1. The number of carbonyl (C=O) groups is 1. The van der Waals surface area contributed by atoms with Crippen LogP contribution in [-0.2, 0) is 14.8 Å². The first-order valence-corrected chi connectivity index (χ1v) is 8.21. The van der Waals surface area contributed by atoms with Crippen molar-refractivity contribution in [3.63, 3.8) is 0 Å². The maximum Gasteiger partial charge on any atom is 0.337 e. The summed E-state index contributed by atoms with van der Waals surface area (Å²) in [7, 11) is -2.39. The molecule has 5 nitrogen and oxygen atoms in total. The minimum absolute atomic E-state index is 0.130. The van der Waals surface area contributed by atoms with Crippen molar-refractivity contribution in [1.29, 1.82) is 0 Å². The van der Waals surface area contributed by atoms with E-state index < -0.39 is 16.0 Å². The molecule has 0 aliphatic rings. The molecule has 0 amide bonds. The van der Waals surface area contributed by atoms with Gasteiger partial charge in [-0.25, -0.2) is 13.2 Å². The number of hydrogen-bond acceptors (Lipinski definition) is 4. The Morgan fingerprint density at radius 3 is 2.14 bits per heavy atom. The van der Waals surface area contributed by atoms with Crippen LogP contribution < -0.4 is 4.31 Å². The molecule has 2 rings (SSSR count). The number of anilines is 1. The monoisotopic (exact) mass is 319 g/mol. The van der Waals surface area contributed by atoms with E-state index in [0.717, 1.165) is 0 Å². The lowest BCUT2D eigenvalue weighted by Crippen LogP contribution is -2.30. The largest absolute Gasteiger partial charge is 0.465 e. The molecule has 0 unspecified atom stereocenters. The Balaban J connectivity index is 2.39. The zero-order valence-corrected chi connectivity index (χ0v) is 13.2. The van der Waals surface area contributed by atoms with E-state index in [0.29, 0.717) is 17.8 Å². The quantitative estimate of drug-likeness (QED) is 0.795. The minimum Gasteiger partial charge on any atom is -0.465 e. The second-order valence-electron chi connectivity index (χ2n) is 4.52. The van der Waals surface area contributed by atoms with E-state index in [1.165, 1.54) is 35.7 Å². The Morgan fingerprint density at radius 1 is 1.05 bits per heavy atom. The van der Waals surface area contributed by atoms with Crippen LogP contribution in [0, 0.1) is 0 Å². The van der Waals surface area contributed by atoms with Gasteiger partial charge in [-0.3, -0.25) is 4.31 Å². The lowest BCUT2D eigenvalue weighted by Gasteiger charge is -2.22. The smallest absolute Gasteiger partial charge is 0.337 e. The van der Waals surface area contributed by atoms with Gasteiger partial charge in [0, 0.05) is 6.54 Å². The van der Waals surface area contributed by atoms with Crippen molar-refractivity contribution < 1.29 is 17.9 Å². The van der Waals surface area contributed by atoms with Crippen LogP contribution in [0.2, 0.25) is 0 Å². The molecule has 0 heterocycles. The van der Waals surface area contributed by atoms with Gasteiger partial charge in [-0.2, -0.15) is 0 Å². The van der Waals surface area contributed by atoms with Crippen molar-refractivity contribution in [1.82, 2.24) is 0 Å². The van der Waals surface area contributed by atoms with Crippen LogP contribution in [-0.4, -0.2) is 28.0 Å². The standard InChI is InChI=1S/C16H17NO4S/c1-3-17(14-7-5-4-6-8-14)22(19,20)15-11-9-13(10-12-15)16(18)21-2/h4-12H,3H2,1-2H3. The molecule has 0 spiro atoms. The second kappa shape index (κ2) is 6.62. The predicted octanol–water partition coefficient (Wildman–Crippen LogP) is 2.69. The molecule has 6 heteroatoms. The third kappa shape index (κ3) is 3.12. The summed E-state index contributed by atoms with van der Waals surface area (Å²) in [5.74, 6) is -0.501. The van der Waals surface area contributed by atoms with Crippen molar-refractivity contribution in [2.24, 2.45) is 0 Å². The summed E-state index contributed by atoms with van der Waals surface area (Å²) >= 11 is 0. The molecule has 0 saturated heterocycles. The van der Waals surface area contributed by atoms with E-state index in [-0.39, 0.29) is 4.90 Å². The fraction of sp³-hybridized carbons (Fsp3) is 0.188. The normalized spacial score (nSPS) is 11.0. The molecule has 2 aromatic carbocycles. The molecule has 0 atom stereocenters. The fourth-order valence-electron chi connectivity index (χ4n) is 2.09. The van der Waals surface area contributed by atoms with Crippen molar-refractivity contribution in [2.75, 3.05) is 18.0 Å². The van der Waals surface area contributed by atoms with E-state index in [1.807, 2.05) is 6.07 Å². The lowest BCUT2D eigenvalue weighted by atomic mass is 10.2. The minimum atomic E-state index is -3.67. The Labute approximate surface area is 130 Å². The van der Waals surface area contributed by atoms with E-state index in [9.17, 15) is 13.2 Å². The molecule has 0 aromatic heterocycles. The topological polar surface area (TPSA) is 63.7 Å². The third-order valence-corrected chi connectivity index (χ3v) is 5.11. The zero-order valence-electron chi connectivity index (χ0n) is 12.4. The number of carbonyl (C=O) groups excluding carboxylic acids is 1. The maximum atomic E-state index is 12.7. The van der Waals surface area contributed by atoms with Gasteiger partial charge in [0.15, 0.2) is 0 Å². The van der Waals surface area contributed by atoms with E-state index in [4.69, 9.17) is 0 Å². The molecule has 0 fully saturated rings. The van der Waals surface area contributed by atoms with Crippen LogP contribution in [0.5, 0.6) is 0 Å². The molecular formula is C16H17NO4S. The average molecular weight is 319 g/mol. The Morgan fingerprint density at radius 2 is 1.64 bits per heavy atom. The van der Waals surface area contributed by atoms with Crippen molar-refractivity contribution in [3.05, 3.63) is 60.2 Å². The fourth-order valence-corrected chi connectivity index (χ4v) is 3.57. The van der Waals surface area contributed by atoms with Gasteiger partial charge in [-0.1, -0.05) is 18.2 Å². The van der Waals surface area contributed by atoms with Crippen molar-refractivity contribution in [3.8, 4) is 0 Å². The second-order valence-corrected chi connectivity index (χ2v) is 6.38. The number of hydrogen-bond donors (Lipinski definition) is 0. The van der Waals surface area contributed by atoms with Crippen molar-refractivity contribution in [2.45, 2.75) is 11.8 Å². The number of rotatable bonds is 5. The average Bonchev–Trinajstić information content (AvgIpc) is 2.55. The number of nitrogens with zero attached hydrogens (tertiary/aromatic N) is 1.